The molecule has 3 rings (SSSR count). The Hall–Kier alpha value is -1.96. The van der Waals surface area contributed by atoms with E-state index >= 15 is 0 Å². The monoisotopic (exact) mass is 436 g/mol. The highest BCUT2D eigenvalue weighted by molar-refractivity contribution is 9.10. The molecule has 1 fully saturated rings. The van der Waals surface area contributed by atoms with Gasteiger partial charge in [0.2, 0.25) is 0 Å². The summed E-state index contributed by atoms with van der Waals surface area (Å²) in [5, 5.41) is 2.90. The SMILES string of the molecule is O=C(COc1ccc(Br)cc1F)NCC(c1ccccc1)N1CCOCC1. The first-order valence-electron chi connectivity index (χ1n) is 8.85. The summed E-state index contributed by atoms with van der Waals surface area (Å²) in [4.78, 5) is 14.5. The Kier molecular flexibility index (Phi) is 7.20. The maximum absolute atomic E-state index is 13.8. The number of amides is 1. The normalized spacial score (nSPS) is 15.9. The molecule has 0 radical (unpaired) electrons. The maximum Gasteiger partial charge on any atom is 0.258 e. The van der Waals surface area contributed by atoms with Crippen LogP contribution in [-0.4, -0.2) is 50.3 Å². The second-order valence-corrected chi connectivity index (χ2v) is 7.16. The van der Waals surface area contributed by atoms with E-state index in [2.05, 4.69) is 38.3 Å². The van der Waals surface area contributed by atoms with Crippen LogP contribution in [0.15, 0.2) is 53.0 Å². The largest absolute Gasteiger partial charge is 0.481 e. The average Bonchev–Trinajstić information content (AvgIpc) is 2.69. The number of morpholine rings is 1. The highest BCUT2D eigenvalue weighted by Crippen LogP contribution is 2.22. The molecule has 5 nitrogen and oxygen atoms in total. The van der Waals surface area contributed by atoms with Gasteiger partial charge in [0.25, 0.3) is 5.91 Å². The molecule has 1 amide bonds. The summed E-state index contributed by atoms with van der Waals surface area (Å²) < 4.78 is 25.1. The van der Waals surface area contributed by atoms with Gasteiger partial charge in [0.05, 0.1) is 19.3 Å². The van der Waals surface area contributed by atoms with Gasteiger partial charge >= 0.3 is 0 Å². The first-order valence-corrected chi connectivity index (χ1v) is 9.64. The standard InChI is InChI=1S/C20H22BrFN2O3/c21-16-6-7-19(17(22)12-16)27-14-20(25)23-13-18(15-4-2-1-3-5-15)24-8-10-26-11-9-24/h1-7,12,18H,8-11,13-14H2,(H,23,25). The van der Waals surface area contributed by atoms with Crippen molar-refractivity contribution in [2.45, 2.75) is 6.04 Å². The Balaban J connectivity index is 1.56. The third-order valence-corrected chi connectivity index (χ3v) is 4.91. The number of carbonyl (C=O) groups is 1. The van der Waals surface area contributed by atoms with Gasteiger partial charge in [-0.05, 0) is 23.8 Å². The molecule has 0 spiro atoms. The molecule has 1 unspecified atom stereocenters. The molecule has 0 saturated carbocycles. The van der Waals surface area contributed by atoms with Crippen molar-refractivity contribution in [2.75, 3.05) is 39.5 Å². The fraction of sp³-hybridized carbons (Fsp3) is 0.350. The fourth-order valence-corrected chi connectivity index (χ4v) is 3.35. The Morgan fingerprint density at radius 2 is 1.96 bits per heavy atom. The van der Waals surface area contributed by atoms with E-state index in [0.29, 0.717) is 24.2 Å². The summed E-state index contributed by atoms with van der Waals surface area (Å²) in [5.41, 5.74) is 1.14. The molecule has 1 N–H and O–H groups in total. The number of ether oxygens (including phenoxy) is 2. The molecule has 0 aliphatic carbocycles. The molecule has 2 aromatic rings. The molecular formula is C20H22BrFN2O3. The van der Waals surface area contributed by atoms with Gasteiger partial charge in [-0.15, -0.1) is 0 Å². The minimum absolute atomic E-state index is 0.0566. The molecule has 1 aliphatic heterocycles. The summed E-state index contributed by atoms with van der Waals surface area (Å²) >= 11 is 3.19. The molecule has 1 atom stereocenters. The average molecular weight is 437 g/mol. The van der Waals surface area contributed by atoms with Crippen LogP contribution in [0.5, 0.6) is 5.75 Å². The Morgan fingerprint density at radius 3 is 2.67 bits per heavy atom. The van der Waals surface area contributed by atoms with Gasteiger partial charge in [-0.3, -0.25) is 9.69 Å². The highest BCUT2D eigenvalue weighted by atomic mass is 79.9. The summed E-state index contributed by atoms with van der Waals surface area (Å²) in [7, 11) is 0. The zero-order chi connectivity index (χ0) is 19.1. The highest BCUT2D eigenvalue weighted by Gasteiger charge is 2.23. The van der Waals surface area contributed by atoms with Crippen LogP contribution in [-0.2, 0) is 9.53 Å². The lowest BCUT2D eigenvalue weighted by atomic mass is 10.0. The van der Waals surface area contributed by atoms with Crippen LogP contribution in [0.4, 0.5) is 4.39 Å². The van der Waals surface area contributed by atoms with Gasteiger partial charge in [0, 0.05) is 24.1 Å². The molecule has 0 bridgehead atoms. The van der Waals surface area contributed by atoms with Crippen molar-refractivity contribution < 1.29 is 18.7 Å². The second-order valence-electron chi connectivity index (χ2n) is 6.24. The summed E-state index contributed by atoms with van der Waals surface area (Å²) in [6.45, 7) is 3.22. The van der Waals surface area contributed by atoms with Crippen LogP contribution in [0.25, 0.3) is 0 Å². The molecule has 0 aromatic heterocycles. The van der Waals surface area contributed by atoms with E-state index in [9.17, 15) is 9.18 Å². The number of halogens is 2. The van der Waals surface area contributed by atoms with Crippen molar-refractivity contribution in [1.82, 2.24) is 10.2 Å². The predicted octanol–water partition coefficient (Wildman–Crippen LogP) is 3.16. The van der Waals surface area contributed by atoms with E-state index in [1.165, 1.54) is 12.1 Å². The molecule has 1 heterocycles. The number of nitrogens with zero attached hydrogens (tertiary/aromatic N) is 1. The van der Waals surface area contributed by atoms with E-state index in [4.69, 9.17) is 9.47 Å². The zero-order valence-electron chi connectivity index (χ0n) is 14.9. The molecule has 27 heavy (non-hydrogen) atoms. The van der Waals surface area contributed by atoms with E-state index < -0.39 is 5.82 Å². The Labute approximate surface area is 166 Å². The van der Waals surface area contributed by atoms with E-state index in [0.717, 1.165) is 18.7 Å². The lowest BCUT2D eigenvalue weighted by Crippen LogP contribution is -2.44. The number of carbonyl (C=O) groups excluding carboxylic acids is 1. The predicted molar refractivity (Wildman–Crippen MR) is 104 cm³/mol. The molecule has 2 aromatic carbocycles. The van der Waals surface area contributed by atoms with Crippen LogP contribution >= 0.6 is 15.9 Å². The topological polar surface area (TPSA) is 50.8 Å². The lowest BCUT2D eigenvalue weighted by molar-refractivity contribution is -0.123. The minimum Gasteiger partial charge on any atom is -0.481 e. The van der Waals surface area contributed by atoms with Gasteiger partial charge in [0.15, 0.2) is 18.2 Å². The van der Waals surface area contributed by atoms with Crippen LogP contribution < -0.4 is 10.1 Å². The van der Waals surface area contributed by atoms with Gasteiger partial charge in [-0.2, -0.15) is 0 Å². The van der Waals surface area contributed by atoms with Crippen LogP contribution in [0.1, 0.15) is 11.6 Å². The maximum atomic E-state index is 13.8. The summed E-state index contributed by atoms with van der Waals surface area (Å²) in [6, 6.07) is 14.6. The smallest absolute Gasteiger partial charge is 0.258 e. The number of hydrogen-bond donors (Lipinski definition) is 1. The van der Waals surface area contributed by atoms with Gasteiger partial charge in [0.1, 0.15) is 0 Å². The van der Waals surface area contributed by atoms with Crippen molar-refractivity contribution in [2.24, 2.45) is 0 Å². The van der Waals surface area contributed by atoms with Crippen molar-refractivity contribution >= 4 is 21.8 Å². The first-order chi connectivity index (χ1) is 13.1. The van der Waals surface area contributed by atoms with Crippen molar-refractivity contribution in [1.29, 1.82) is 0 Å². The molecule has 144 valence electrons. The van der Waals surface area contributed by atoms with Crippen LogP contribution in [0.3, 0.4) is 0 Å². The number of rotatable bonds is 7. The number of benzene rings is 2. The summed E-state index contributed by atoms with van der Waals surface area (Å²) in [6.07, 6.45) is 0. The third kappa shape index (κ3) is 5.76. The first kappa shape index (κ1) is 19.8. The van der Waals surface area contributed by atoms with Gasteiger partial charge in [-0.1, -0.05) is 46.3 Å². The van der Waals surface area contributed by atoms with Crippen molar-refractivity contribution in [3.05, 3.63) is 64.4 Å². The molecule has 1 aliphatic rings. The van der Waals surface area contributed by atoms with Gasteiger partial charge < -0.3 is 14.8 Å². The lowest BCUT2D eigenvalue weighted by Gasteiger charge is -2.34. The van der Waals surface area contributed by atoms with Crippen LogP contribution in [0.2, 0.25) is 0 Å². The van der Waals surface area contributed by atoms with Gasteiger partial charge in [-0.25, -0.2) is 4.39 Å². The van der Waals surface area contributed by atoms with E-state index in [-0.39, 0.29) is 24.3 Å². The molecule has 1 saturated heterocycles. The Bertz CT molecular complexity index is 754. The summed E-state index contributed by atoms with van der Waals surface area (Å²) in [5.74, 6) is -0.736. The van der Waals surface area contributed by atoms with E-state index in [1.807, 2.05) is 18.2 Å². The third-order valence-electron chi connectivity index (χ3n) is 4.42. The number of nitrogens with one attached hydrogen (secondary N) is 1. The Morgan fingerprint density at radius 1 is 1.22 bits per heavy atom. The van der Waals surface area contributed by atoms with E-state index in [1.54, 1.807) is 6.07 Å². The molecule has 7 heteroatoms. The zero-order valence-corrected chi connectivity index (χ0v) is 16.5. The van der Waals surface area contributed by atoms with Crippen molar-refractivity contribution in [3.63, 3.8) is 0 Å². The second kappa shape index (κ2) is 9.82. The number of hydrogen-bond acceptors (Lipinski definition) is 4. The quantitative estimate of drug-likeness (QED) is 0.723. The fourth-order valence-electron chi connectivity index (χ4n) is 3.02. The van der Waals surface area contributed by atoms with Crippen LogP contribution in [0, 0.1) is 5.82 Å². The van der Waals surface area contributed by atoms with Crippen molar-refractivity contribution in [3.8, 4) is 5.75 Å². The molecular weight excluding hydrogens is 415 g/mol. The minimum atomic E-state index is -0.507.